The Balaban J connectivity index is 2.34. The molecule has 1 heterocycles. The lowest BCUT2D eigenvalue weighted by Crippen LogP contribution is -2.04. The number of aromatic nitrogens is 2. The molecule has 0 amide bonds. The van der Waals surface area contributed by atoms with Crippen LogP contribution in [0.15, 0.2) is 24.5 Å². The van der Waals surface area contributed by atoms with Gasteiger partial charge in [0.05, 0.1) is 0 Å². The standard InChI is InChI=1S/C10H9Cl2N5/c11-5-1-6(12)3-7(2-5)17-10-8(13)9(14)15-4-16-10/h1-4H,13H2,(H3,14,15,16,17). The van der Waals surface area contributed by atoms with E-state index in [1.165, 1.54) is 6.33 Å². The van der Waals surface area contributed by atoms with E-state index in [2.05, 4.69) is 15.3 Å². The fraction of sp³-hybridized carbons (Fsp3) is 0. The van der Waals surface area contributed by atoms with Crippen LogP contribution in [0.1, 0.15) is 0 Å². The minimum Gasteiger partial charge on any atom is -0.393 e. The molecule has 0 aliphatic heterocycles. The van der Waals surface area contributed by atoms with Crippen molar-refractivity contribution in [3.8, 4) is 0 Å². The number of anilines is 4. The van der Waals surface area contributed by atoms with Gasteiger partial charge < -0.3 is 16.8 Å². The summed E-state index contributed by atoms with van der Waals surface area (Å²) in [5.74, 6) is 0.631. The van der Waals surface area contributed by atoms with Crippen molar-refractivity contribution in [1.82, 2.24) is 9.97 Å². The summed E-state index contributed by atoms with van der Waals surface area (Å²) in [4.78, 5) is 7.75. The third-order valence-corrected chi connectivity index (χ3v) is 2.48. The maximum atomic E-state index is 5.87. The van der Waals surface area contributed by atoms with Crippen LogP contribution in [0.3, 0.4) is 0 Å². The van der Waals surface area contributed by atoms with E-state index in [4.69, 9.17) is 34.7 Å². The summed E-state index contributed by atoms with van der Waals surface area (Å²) >= 11 is 11.7. The number of hydrogen-bond donors (Lipinski definition) is 3. The average molecular weight is 270 g/mol. The summed E-state index contributed by atoms with van der Waals surface area (Å²) in [5.41, 5.74) is 12.2. The number of rotatable bonds is 2. The van der Waals surface area contributed by atoms with Crippen LogP contribution in [0, 0.1) is 0 Å². The zero-order valence-corrected chi connectivity index (χ0v) is 10.1. The van der Waals surface area contributed by atoms with Gasteiger partial charge in [0, 0.05) is 15.7 Å². The van der Waals surface area contributed by atoms with E-state index in [0.717, 1.165) is 0 Å². The van der Waals surface area contributed by atoms with Crippen LogP contribution in [-0.4, -0.2) is 9.97 Å². The number of halogens is 2. The highest BCUT2D eigenvalue weighted by Gasteiger charge is 2.06. The van der Waals surface area contributed by atoms with Crippen LogP contribution in [0.2, 0.25) is 10.0 Å². The Bertz CT molecular complexity index is 538. The number of hydrogen-bond acceptors (Lipinski definition) is 5. The van der Waals surface area contributed by atoms with Crippen molar-refractivity contribution in [3.05, 3.63) is 34.6 Å². The second-order valence-electron chi connectivity index (χ2n) is 3.30. The first-order valence-electron chi connectivity index (χ1n) is 4.65. The molecule has 0 bridgehead atoms. The van der Waals surface area contributed by atoms with Crippen molar-refractivity contribution >= 4 is 46.2 Å². The zero-order valence-electron chi connectivity index (χ0n) is 8.61. The topological polar surface area (TPSA) is 89.8 Å². The first kappa shape index (κ1) is 11.8. The van der Waals surface area contributed by atoms with Crippen molar-refractivity contribution in [2.24, 2.45) is 0 Å². The molecule has 2 aromatic rings. The molecular weight excluding hydrogens is 261 g/mol. The quantitative estimate of drug-likeness (QED) is 0.780. The van der Waals surface area contributed by atoms with E-state index in [9.17, 15) is 0 Å². The van der Waals surface area contributed by atoms with E-state index in [-0.39, 0.29) is 11.5 Å². The molecule has 0 spiro atoms. The predicted molar refractivity (Wildman–Crippen MR) is 70.6 cm³/mol. The summed E-state index contributed by atoms with van der Waals surface area (Å²) in [5, 5.41) is 4.00. The monoisotopic (exact) mass is 269 g/mol. The lowest BCUT2D eigenvalue weighted by atomic mass is 10.3. The van der Waals surface area contributed by atoms with E-state index in [1.54, 1.807) is 18.2 Å². The highest BCUT2D eigenvalue weighted by Crippen LogP contribution is 2.27. The van der Waals surface area contributed by atoms with Gasteiger partial charge >= 0.3 is 0 Å². The second kappa shape index (κ2) is 4.65. The number of nitrogen functional groups attached to an aromatic ring is 2. The van der Waals surface area contributed by atoms with Crippen molar-refractivity contribution < 1.29 is 0 Å². The Hall–Kier alpha value is -1.72. The lowest BCUT2D eigenvalue weighted by Gasteiger charge is -2.09. The molecule has 0 aliphatic rings. The molecule has 0 aliphatic carbocycles. The van der Waals surface area contributed by atoms with Gasteiger partial charge in [0.2, 0.25) is 0 Å². The molecule has 88 valence electrons. The summed E-state index contributed by atoms with van der Waals surface area (Å²) in [6, 6.07) is 5.03. The Kier molecular flexibility index (Phi) is 3.21. The van der Waals surface area contributed by atoms with Crippen molar-refractivity contribution in [3.63, 3.8) is 0 Å². The third-order valence-electron chi connectivity index (χ3n) is 2.04. The van der Waals surface area contributed by atoms with Gasteiger partial charge in [-0.15, -0.1) is 0 Å². The highest BCUT2D eigenvalue weighted by molar-refractivity contribution is 6.35. The molecule has 0 atom stereocenters. The molecule has 1 aromatic carbocycles. The summed E-state index contributed by atoms with van der Waals surface area (Å²) in [7, 11) is 0. The molecule has 7 heteroatoms. The Morgan fingerprint density at radius 1 is 1.00 bits per heavy atom. The largest absolute Gasteiger partial charge is 0.393 e. The normalized spacial score (nSPS) is 10.2. The Morgan fingerprint density at radius 2 is 1.65 bits per heavy atom. The molecule has 0 radical (unpaired) electrons. The number of nitrogens with one attached hydrogen (secondary N) is 1. The van der Waals surface area contributed by atoms with Gasteiger partial charge in [-0.25, -0.2) is 9.97 Å². The molecule has 5 nitrogen and oxygen atoms in total. The van der Waals surface area contributed by atoms with Crippen LogP contribution < -0.4 is 16.8 Å². The smallest absolute Gasteiger partial charge is 0.159 e. The van der Waals surface area contributed by atoms with Crippen LogP contribution in [0.5, 0.6) is 0 Å². The minimum atomic E-state index is 0.218. The van der Waals surface area contributed by atoms with Gasteiger partial charge in [0.15, 0.2) is 11.6 Å². The average Bonchev–Trinajstić information content (AvgIpc) is 2.23. The van der Waals surface area contributed by atoms with Gasteiger partial charge in [-0.2, -0.15) is 0 Å². The summed E-state index contributed by atoms with van der Waals surface area (Å²) in [6.45, 7) is 0. The second-order valence-corrected chi connectivity index (χ2v) is 4.18. The van der Waals surface area contributed by atoms with Gasteiger partial charge in [-0.05, 0) is 18.2 Å². The van der Waals surface area contributed by atoms with Crippen LogP contribution >= 0.6 is 23.2 Å². The SMILES string of the molecule is Nc1ncnc(Nc2cc(Cl)cc(Cl)c2)c1N. The molecule has 2 rings (SSSR count). The molecule has 17 heavy (non-hydrogen) atoms. The van der Waals surface area contributed by atoms with Crippen LogP contribution in [0.25, 0.3) is 0 Å². The predicted octanol–water partition coefficient (Wildman–Crippen LogP) is 2.69. The fourth-order valence-corrected chi connectivity index (χ4v) is 1.80. The van der Waals surface area contributed by atoms with Crippen molar-refractivity contribution in [1.29, 1.82) is 0 Å². The Labute approximate surface area is 108 Å². The first-order valence-corrected chi connectivity index (χ1v) is 5.41. The van der Waals surface area contributed by atoms with Gasteiger partial charge in [-0.1, -0.05) is 23.2 Å². The maximum Gasteiger partial charge on any atom is 0.159 e. The highest BCUT2D eigenvalue weighted by atomic mass is 35.5. The maximum absolute atomic E-state index is 5.87. The molecule has 0 saturated carbocycles. The van der Waals surface area contributed by atoms with Crippen LogP contribution in [-0.2, 0) is 0 Å². The summed E-state index contributed by atoms with van der Waals surface area (Å²) < 4.78 is 0. The molecule has 0 fully saturated rings. The number of nitrogens with two attached hydrogens (primary N) is 2. The van der Waals surface area contributed by atoms with Gasteiger partial charge in [0.1, 0.15) is 12.0 Å². The van der Waals surface area contributed by atoms with E-state index in [0.29, 0.717) is 21.6 Å². The zero-order chi connectivity index (χ0) is 12.4. The minimum absolute atomic E-state index is 0.218. The van der Waals surface area contributed by atoms with E-state index in [1.807, 2.05) is 0 Å². The summed E-state index contributed by atoms with van der Waals surface area (Å²) in [6.07, 6.45) is 1.32. The lowest BCUT2D eigenvalue weighted by molar-refractivity contribution is 1.18. The molecular formula is C10H9Cl2N5. The molecule has 1 aromatic heterocycles. The molecule has 5 N–H and O–H groups in total. The molecule has 0 saturated heterocycles. The van der Waals surface area contributed by atoms with Crippen molar-refractivity contribution in [2.75, 3.05) is 16.8 Å². The van der Waals surface area contributed by atoms with Gasteiger partial charge in [0.25, 0.3) is 0 Å². The Morgan fingerprint density at radius 3 is 2.29 bits per heavy atom. The van der Waals surface area contributed by atoms with Crippen molar-refractivity contribution in [2.45, 2.75) is 0 Å². The van der Waals surface area contributed by atoms with E-state index < -0.39 is 0 Å². The van der Waals surface area contributed by atoms with E-state index >= 15 is 0 Å². The van der Waals surface area contributed by atoms with Crippen LogP contribution in [0.4, 0.5) is 23.0 Å². The third kappa shape index (κ3) is 2.69. The fourth-order valence-electron chi connectivity index (χ4n) is 1.27. The van der Waals surface area contributed by atoms with Gasteiger partial charge in [-0.3, -0.25) is 0 Å². The number of nitrogens with zero attached hydrogens (tertiary/aromatic N) is 2. The number of benzene rings is 1. The first-order chi connectivity index (χ1) is 8.06. The molecule has 0 unspecified atom stereocenters.